The van der Waals surface area contributed by atoms with Crippen LogP contribution in [0, 0.1) is 0 Å². The van der Waals surface area contributed by atoms with Crippen LogP contribution in [-0.4, -0.2) is 30.8 Å². The van der Waals surface area contributed by atoms with Gasteiger partial charge in [-0.25, -0.2) is 0 Å². The normalized spacial score (nSPS) is 10.1. The summed E-state index contributed by atoms with van der Waals surface area (Å²) in [5, 5.41) is 0. The van der Waals surface area contributed by atoms with Gasteiger partial charge in [0.15, 0.2) is 7.28 Å². The Bertz CT molecular complexity index is 389. The lowest BCUT2D eigenvalue weighted by Crippen LogP contribution is -2.47. The van der Waals surface area contributed by atoms with Gasteiger partial charge in [-0.2, -0.15) is 0 Å². The van der Waals surface area contributed by atoms with Crippen molar-refractivity contribution in [3.8, 4) is 0 Å². The molecule has 1 aromatic carbocycles. The Morgan fingerprint density at radius 3 is 2.56 bits per heavy atom. The summed E-state index contributed by atoms with van der Waals surface area (Å²) in [6.45, 7) is 6.02. The van der Waals surface area contributed by atoms with E-state index in [1.165, 1.54) is 0 Å². The fourth-order valence-corrected chi connectivity index (χ4v) is 1.53. The van der Waals surface area contributed by atoms with Crippen molar-refractivity contribution >= 4 is 58.4 Å². The standard InChI is InChI=1S/C11H12B4N/c1-3-4-6(2)15-10-9(14)7(12)5-8(13)11(10)16/h5H,2-4,16H2,1H3. The highest BCUT2D eigenvalue weighted by atomic mass is 14.6. The Labute approximate surface area is 102 Å². The minimum absolute atomic E-state index is 0.447. The largest absolute Gasteiger partial charge is 0.400 e. The second kappa shape index (κ2) is 5.38. The third-order valence-electron chi connectivity index (χ3n) is 2.43. The molecule has 0 aliphatic heterocycles. The van der Waals surface area contributed by atoms with E-state index >= 15 is 0 Å². The number of nitrogens with two attached hydrogens (primary N) is 1. The van der Waals surface area contributed by atoms with Crippen molar-refractivity contribution in [3.05, 3.63) is 18.1 Å². The highest BCUT2D eigenvalue weighted by molar-refractivity contribution is 6.71. The van der Waals surface area contributed by atoms with E-state index in [1.54, 1.807) is 6.07 Å². The molecule has 0 aliphatic rings. The first-order chi connectivity index (χ1) is 7.47. The van der Waals surface area contributed by atoms with Crippen LogP contribution in [-0.2, 0) is 0 Å². The number of nitrogen functional groups attached to an aromatic ring is 1. The Kier molecular flexibility index (Phi) is 4.40. The fourth-order valence-electron chi connectivity index (χ4n) is 1.53. The smallest absolute Gasteiger partial charge is 0.186 e. The van der Waals surface area contributed by atoms with Gasteiger partial charge < -0.3 is 5.73 Å². The number of benzene rings is 1. The summed E-state index contributed by atoms with van der Waals surface area (Å²) in [6.07, 6.45) is 1.92. The van der Waals surface area contributed by atoms with E-state index < -0.39 is 0 Å². The molecule has 7 radical (unpaired) electrons. The van der Waals surface area contributed by atoms with Crippen molar-refractivity contribution in [1.29, 1.82) is 0 Å². The van der Waals surface area contributed by atoms with E-state index in [9.17, 15) is 0 Å². The monoisotopic (exact) mass is 202 g/mol. The summed E-state index contributed by atoms with van der Waals surface area (Å²) in [5.41, 5.74) is 9.32. The Morgan fingerprint density at radius 2 is 2.00 bits per heavy atom. The van der Waals surface area contributed by atoms with Gasteiger partial charge in [-0.3, -0.25) is 0 Å². The van der Waals surface area contributed by atoms with E-state index in [0.29, 0.717) is 27.5 Å². The van der Waals surface area contributed by atoms with Gasteiger partial charge in [-0.05, 0) is 6.42 Å². The minimum Gasteiger partial charge on any atom is -0.400 e. The van der Waals surface area contributed by atoms with Crippen molar-refractivity contribution in [2.24, 2.45) is 0 Å². The quantitative estimate of drug-likeness (QED) is 0.456. The zero-order valence-electron chi connectivity index (χ0n) is 9.59. The van der Waals surface area contributed by atoms with Crippen LogP contribution in [0.5, 0.6) is 0 Å². The van der Waals surface area contributed by atoms with E-state index in [-0.39, 0.29) is 0 Å². The molecule has 1 rings (SSSR count). The molecule has 0 fully saturated rings. The molecule has 0 aliphatic carbocycles. The molecule has 0 saturated carbocycles. The number of anilines is 1. The summed E-state index contributed by atoms with van der Waals surface area (Å²) in [5.74, 6) is 0. The molecule has 1 nitrogen and oxygen atoms in total. The van der Waals surface area contributed by atoms with Crippen molar-refractivity contribution in [2.75, 3.05) is 5.73 Å². The maximum Gasteiger partial charge on any atom is 0.186 e. The Hall–Kier alpha value is -0.980. The molecule has 0 saturated heterocycles. The van der Waals surface area contributed by atoms with Gasteiger partial charge >= 0.3 is 0 Å². The molecule has 73 valence electrons. The number of hydrogen-bond donors (Lipinski definition) is 1. The van der Waals surface area contributed by atoms with Crippen LogP contribution < -0.4 is 27.6 Å². The summed E-state index contributed by atoms with van der Waals surface area (Å²) < 4.78 is 0. The van der Waals surface area contributed by atoms with Gasteiger partial charge in [0.05, 0.1) is 0 Å². The van der Waals surface area contributed by atoms with E-state index in [1.807, 2.05) is 7.28 Å². The zero-order chi connectivity index (χ0) is 12.3. The average molecular weight is 201 g/mol. The highest BCUT2D eigenvalue weighted by Gasteiger charge is 2.10. The molecule has 0 amide bonds. The zero-order valence-corrected chi connectivity index (χ0v) is 9.59. The molecule has 0 unspecified atom stereocenters. The van der Waals surface area contributed by atoms with E-state index in [2.05, 4.69) is 13.5 Å². The third-order valence-corrected chi connectivity index (χ3v) is 2.43. The summed E-state index contributed by atoms with van der Waals surface area (Å²) in [7, 11) is 19.2. The van der Waals surface area contributed by atoms with Crippen molar-refractivity contribution in [3.63, 3.8) is 0 Å². The first-order valence-corrected chi connectivity index (χ1v) is 5.22. The van der Waals surface area contributed by atoms with Crippen LogP contribution in [0.25, 0.3) is 0 Å². The Morgan fingerprint density at radius 1 is 1.38 bits per heavy atom. The molecule has 1 aromatic rings. The van der Waals surface area contributed by atoms with Gasteiger partial charge in [-0.15, -0.1) is 23.0 Å². The van der Waals surface area contributed by atoms with Crippen LogP contribution in [0.1, 0.15) is 19.8 Å². The number of hydrogen-bond acceptors (Lipinski definition) is 1. The minimum atomic E-state index is 0.447. The molecule has 16 heavy (non-hydrogen) atoms. The molecule has 0 heterocycles. The lowest BCUT2D eigenvalue weighted by Gasteiger charge is -2.16. The predicted octanol–water partition coefficient (Wildman–Crippen LogP) is -1.71. The number of rotatable bonds is 4. The van der Waals surface area contributed by atoms with Gasteiger partial charge in [0, 0.05) is 5.69 Å². The summed E-state index contributed by atoms with van der Waals surface area (Å²) in [4.78, 5) is 0. The van der Waals surface area contributed by atoms with Crippen LogP contribution in [0.3, 0.4) is 0 Å². The highest BCUT2D eigenvalue weighted by Crippen LogP contribution is 2.00. The van der Waals surface area contributed by atoms with Crippen molar-refractivity contribution in [2.45, 2.75) is 19.8 Å². The van der Waals surface area contributed by atoms with Gasteiger partial charge in [0.1, 0.15) is 23.5 Å². The lowest BCUT2D eigenvalue weighted by molar-refractivity contribution is 0.946. The van der Waals surface area contributed by atoms with E-state index in [4.69, 9.17) is 29.3 Å². The van der Waals surface area contributed by atoms with Crippen LogP contribution in [0.15, 0.2) is 18.1 Å². The molecule has 2 N–H and O–H groups in total. The Balaban J connectivity index is 3.07. The second-order valence-electron chi connectivity index (χ2n) is 3.85. The van der Waals surface area contributed by atoms with Gasteiger partial charge in [-0.1, -0.05) is 30.3 Å². The first kappa shape index (κ1) is 13.1. The fraction of sp³-hybridized carbons (Fsp3) is 0.273. The van der Waals surface area contributed by atoms with Crippen molar-refractivity contribution in [1.82, 2.24) is 0 Å². The van der Waals surface area contributed by atoms with Crippen molar-refractivity contribution < 1.29 is 0 Å². The SMILES string of the molecule is [B]c1cc([B])c(N)c([B]C(=C)CCC)c1[B]. The maximum atomic E-state index is 5.86. The average Bonchev–Trinajstić information content (AvgIpc) is 2.22. The van der Waals surface area contributed by atoms with Crippen LogP contribution >= 0.6 is 0 Å². The number of allylic oxidation sites excluding steroid dienone is 1. The summed E-state index contributed by atoms with van der Waals surface area (Å²) >= 11 is 0. The predicted molar refractivity (Wildman–Crippen MR) is 76.5 cm³/mol. The molecular formula is C11H12B4N. The molecule has 5 heteroatoms. The van der Waals surface area contributed by atoms with Gasteiger partial charge in [0.2, 0.25) is 0 Å². The lowest BCUT2D eigenvalue weighted by atomic mass is 9.55. The third kappa shape index (κ3) is 2.78. The maximum absolute atomic E-state index is 5.86. The molecule has 0 bridgehead atoms. The topological polar surface area (TPSA) is 26.0 Å². The first-order valence-electron chi connectivity index (χ1n) is 5.22. The van der Waals surface area contributed by atoms with Crippen LogP contribution in [0.2, 0.25) is 0 Å². The summed E-state index contributed by atoms with van der Waals surface area (Å²) in [6, 6.07) is 1.57. The molecular weight excluding hydrogens is 189 g/mol. The molecule has 0 aromatic heterocycles. The second-order valence-corrected chi connectivity index (χ2v) is 3.85. The molecule has 0 atom stereocenters. The molecule has 0 spiro atoms. The van der Waals surface area contributed by atoms with E-state index in [0.717, 1.165) is 18.3 Å². The van der Waals surface area contributed by atoms with Crippen LogP contribution in [0.4, 0.5) is 5.69 Å². The van der Waals surface area contributed by atoms with Gasteiger partial charge in [0.25, 0.3) is 0 Å².